The van der Waals surface area contributed by atoms with Crippen LogP contribution in [0.5, 0.6) is 0 Å². The van der Waals surface area contributed by atoms with Crippen LogP contribution in [0, 0.1) is 0 Å². The molecule has 0 spiro atoms. The molecular formula is C22H23N5. The SMILES string of the molecule is c1ccc(CCNc2nccc(NCCc3c[nH]c4ccccc34)n2)cc1. The van der Waals surface area contributed by atoms with E-state index < -0.39 is 0 Å². The summed E-state index contributed by atoms with van der Waals surface area (Å²) in [6, 6.07) is 20.7. The second kappa shape index (κ2) is 8.36. The Balaban J connectivity index is 1.29. The van der Waals surface area contributed by atoms with Gasteiger partial charge in [0.2, 0.25) is 5.95 Å². The predicted octanol–water partition coefficient (Wildman–Crippen LogP) is 4.27. The molecule has 0 fully saturated rings. The molecule has 0 atom stereocenters. The smallest absolute Gasteiger partial charge is 0.224 e. The van der Waals surface area contributed by atoms with Crippen molar-refractivity contribution >= 4 is 22.7 Å². The molecule has 0 aliphatic heterocycles. The number of para-hydroxylation sites is 1. The third-order valence-electron chi connectivity index (χ3n) is 4.57. The lowest BCUT2D eigenvalue weighted by Crippen LogP contribution is -2.10. The van der Waals surface area contributed by atoms with Gasteiger partial charge in [-0.15, -0.1) is 0 Å². The minimum Gasteiger partial charge on any atom is -0.370 e. The molecule has 2 aromatic carbocycles. The molecule has 4 aromatic rings. The van der Waals surface area contributed by atoms with Crippen LogP contribution in [0.4, 0.5) is 11.8 Å². The van der Waals surface area contributed by atoms with Crippen LogP contribution in [-0.4, -0.2) is 28.0 Å². The maximum Gasteiger partial charge on any atom is 0.224 e. The highest BCUT2D eigenvalue weighted by atomic mass is 15.1. The number of nitrogens with one attached hydrogen (secondary N) is 3. The maximum absolute atomic E-state index is 4.54. The van der Waals surface area contributed by atoms with E-state index in [0.717, 1.165) is 31.7 Å². The van der Waals surface area contributed by atoms with E-state index in [0.29, 0.717) is 5.95 Å². The average Bonchev–Trinajstić information content (AvgIpc) is 3.13. The van der Waals surface area contributed by atoms with Crippen LogP contribution < -0.4 is 10.6 Å². The first-order valence-electron chi connectivity index (χ1n) is 9.28. The standard InChI is InChI=1S/C22H23N5/c1-2-6-17(7-3-1)10-13-24-22-25-15-12-21(27-22)23-14-11-18-16-26-20-9-5-4-8-19(18)20/h1-9,12,15-16,26H,10-11,13-14H2,(H2,23,24,25,27). The fraction of sp³-hybridized carbons (Fsp3) is 0.182. The van der Waals surface area contributed by atoms with E-state index in [-0.39, 0.29) is 0 Å². The number of anilines is 2. The largest absolute Gasteiger partial charge is 0.370 e. The Morgan fingerprint density at radius 2 is 1.63 bits per heavy atom. The van der Waals surface area contributed by atoms with Gasteiger partial charge in [-0.1, -0.05) is 48.5 Å². The van der Waals surface area contributed by atoms with Gasteiger partial charge < -0.3 is 15.6 Å². The highest BCUT2D eigenvalue weighted by Gasteiger charge is 2.03. The predicted molar refractivity (Wildman–Crippen MR) is 111 cm³/mol. The van der Waals surface area contributed by atoms with E-state index in [4.69, 9.17) is 0 Å². The van der Waals surface area contributed by atoms with E-state index in [1.54, 1.807) is 6.20 Å². The van der Waals surface area contributed by atoms with Crippen LogP contribution in [0.1, 0.15) is 11.1 Å². The summed E-state index contributed by atoms with van der Waals surface area (Å²) in [6.45, 7) is 1.63. The van der Waals surface area contributed by atoms with Crippen molar-refractivity contribution in [1.29, 1.82) is 0 Å². The Morgan fingerprint density at radius 3 is 2.56 bits per heavy atom. The number of aromatic amines is 1. The molecule has 4 rings (SSSR count). The molecule has 0 saturated carbocycles. The number of aromatic nitrogens is 3. The molecule has 2 aromatic heterocycles. The molecule has 5 heteroatoms. The van der Waals surface area contributed by atoms with E-state index in [1.807, 2.05) is 18.2 Å². The van der Waals surface area contributed by atoms with Crippen molar-refractivity contribution in [1.82, 2.24) is 15.0 Å². The first-order valence-corrected chi connectivity index (χ1v) is 9.28. The zero-order valence-corrected chi connectivity index (χ0v) is 15.2. The zero-order valence-electron chi connectivity index (χ0n) is 15.2. The maximum atomic E-state index is 4.54. The highest BCUT2D eigenvalue weighted by Crippen LogP contribution is 2.18. The zero-order chi connectivity index (χ0) is 18.3. The van der Waals surface area contributed by atoms with Crippen LogP contribution in [0.25, 0.3) is 10.9 Å². The number of nitrogens with zero attached hydrogens (tertiary/aromatic N) is 2. The summed E-state index contributed by atoms with van der Waals surface area (Å²) in [7, 11) is 0. The molecule has 0 amide bonds. The minimum atomic E-state index is 0.656. The number of fused-ring (bicyclic) bond motifs is 1. The molecule has 3 N–H and O–H groups in total. The van der Waals surface area contributed by atoms with Gasteiger partial charge in [0.1, 0.15) is 5.82 Å². The van der Waals surface area contributed by atoms with E-state index in [1.165, 1.54) is 22.0 Å². The molecule has 0 unspecified atom stereocenters. The topological polar surface area (TPSA) is 65.6 Å². The highest BCUT2D eigenvalue weighted by molar-refractivity contribution is 5.83. The van der Waals surface area contributed by atoms with E-state index >= 15 is 0 Å². The summed E-state index contributed by atoms with van der Waals surface area (Å²) in [4.78, 5) is 12.2. The molecule has 27 heavy (non-hydrogen) atoms. The Hall–Kier alpha value is -3.34. The van der Waals surface area contributed by atoms with Gasteiger partial charge in [-0.2, -0.15) is 4.98 Å². The van der Waals surface area contributed by atoms with Crippen molar-refractivity contribution in [2.24, 2.45) is 0 Å². The molecule has 0 saturated heterocycles. The van der Waals surface area contributed by atoms with Gasteiger partial charge >= 0.3 is 0 Å². The summed E-state index contributed by atoms with van der Waals surface area (Å²) in [5.41, 5.74) is 3.80. The number of hydrogen-bond acceptors (Lipinski definition) is 4. The van der Waals surface area contributed by atoms with Gasteiger partial charge in [0.05, 0.1) is 0 Å². The van der Waals surface area contributed by atoms with Crippen molar-refractivity contribution < 1.29 is 0 Å². The number of rotatable bonds is 8. The van der Waals surface area contributed by atoms with Crippen LogP contribution in [0.2, 0.25) is 0 Å². The van der Waals surface area contributed by atoms with Gasteiger partial charge in [-0.25, -0.2) is 4.98 Å². The lowest BCUT2D eigenvalue weighted by molar-refractivity contribution is 0.972. The summed E-state index contributed by atoms with van der Waals surface area (Å²) in [5.74, 6) is 1.50. The van der Waals surface area contributed by atoms with Gasteiger partial charge in [-0.05, 0) is 36.1 Å². The van der Waals surface area contributed by atoms with Crippen LogP contribution in [0.15, 0.2) is 73.1 Å². The van der Waals surface area contributed by atoms with Crippen LogP contribution in [-0.2, 0) is 12.8 Å². The summed E-state index contributed by atoms with van der Waals surface area (Å²) in [6.07, 6.45) is 5.75. The van der Waals surface area contributed by atoms with Gasteiger partial charge in [-0.3, -0.25) is 0 Å². The molecule has 2 heterocycles. The Bertz CT molecular complexity index is 994. The first-order chi connectivity index (χ1) is 13.4. The molecule has 0 radical (unpaired) electrons. The molecule has 0 bridgehead atoms. The summed E-state index contributed by atoms with van der Waals surface area (Å²) >= 11 is 0. The molecular weight excluding hydrogens is 334 g/mol. The van der Waals surface area contributed by atoms with Crippen molar-refractivity contribution in [2.75, 3.05) is 23.7 Å². The third-order valence-corrected chi connectivity index (χ3v) is 4.57. The fourth-order valence-corrected chi connectivity index (χ4v) is 3.17. The van der Waals surface area contributed by atoms with Gasteiger partial charge in [0.15, 0.2) is 0 Å². The Morgan fingerprint density at radius 1 is 0.815 bits per heavy atom. The summed E-state index contributed by atoms with van der Waals surface area (Å²) in [5, 5.41) is 7.97. The summed E-state index contributed by atoms with van der Waals surface area (Å²) < 4.78 is 0. The Labute approximate surface area is 158 Å². The van der Waals surface area contributed by atoms with Crippen LogP contribution in [0.3, 0.4) is 0 Å². The van der Waals surface area contributed by atoms with Crippen LogP contribution >= 0.6 is 0 Å². The fourth-order valence-electron chi connectivity index (χ4n) is 3.17. The number of benzene rings is 2. The van der Waals surface area contributed by atoms with E-state index in [9.17, 15) is 0 Å². The van der Waals surface area contributed by atoms with Gasteiger partial charge in [0.25, 0.3) is 0 Å². The normalized spacial score (nSPS) is 10.8. The first kappa shape index (κ1) is 17.1. The van der Waals surface area contributed by atoms with Gasteiger partial charge in [0, 0.05) is 36.4 Å². The molecule has 5 nitrogen and oxygen atoms in total. The van der Waals surface area contributed by atoms with Crippen molar-refractivity contribution in [3.05, 3.63) is 84.2 Å². The van der Waals surface area contributed by atoms with E-state index in [2.05, 4.69) is 74.2 Å². The quantitative estimate of drug-likeness (QED) is 0.441. The number of H-pyrrole nitrogens is 1. The second-order valence-electron chi connectivity index (χ2n) is 6.46. The van der Waals surface area contributed by atoms with Crippen molar-refractivity contribution in [2.45, 2.75) is 12.8 Å². The Kier molecular flexibility index (Phi) is 5.29. The second-order valence-corrected chi connectivity index (χ2v) is 6.46. The molecule has 0 aliphatic rings. The monoisotopic (exact) mass is 357 g/mol. The third kappa shape index (κ3) is 4.44. The van der Waals surface area contributed by atoms with Crippen molar-refractivity contribution in [3.63, 3.8) is 0 Å². The lowest BCUT2D eigenvalue weighted by atomic mass is 10.1. The average molecular weight is 357 g/mol. The minimum absolute atomic E-state index is 0.656. The number of hydrogen-bond donors (Lipinski definition) is 3. The van der Waals surface area contributed by atoms with Crippen molar-refractivity contribution in [3.8, 4) is 0 Å². The molecule has 136 valence electrons. The molecule has 0 aliphatic carbocycles. The lowest BCUT2D eigenvalue weighted by Gasteiger charge is -2.08.